The lowest BCUT2D eigenvalue weighted by molar-refractivity contribution is 0.0924. The average molecular weight is 270 g/mol. The van der Waals surface area contributed by atoms with Gasteiger partial charge in [-0.15, -0.1) is 0 Å². The minimum Gasteiger partial charge on any atom is -0.464 e. The van der Waals surface area contributed by atoms with Crippen molar-refractivity contribution in [2.45, 2.75) is 19.4 Å². The highest BCUT2D eigenvalue weighted by Crippen LogP contribution is 2.28. The third-order valence-electron chi connectivity index (χ3n) is 4.68. The molecule has 2 bridgehead atoms. The zero-order chi connectivity index (χ0) is 13.7. The Morgan fingerprint density at radius 1 is 1.40 bits per heavy atom. The number of rotatable bonds is 2. The summed E-state index contributed by atoms with van der Waals surface area (Å²) in [7, 11) is 0. The summed E-state index contributed by atoms with van der Waals surface area (Å²) in [4.78, 5) is 14.8. The topological polar surface area (TPSA) is 45.5 Å². The van der Waals surface area contributed by atoms with Gasteiger partial charge in [0.05, 0.1) is 6.26 Å². The van der Waals surface area contributed by atoms with Gasteiger partial charge in [-0.3, -0.25) is 4.79 Å². The van der Waals surface area contributed by atoms with Gasteiger partial charge in [0.1, 0.15) is 5.58 Å². The maximum atomic E-state index is 12.4. The van der Waals surface area contributed by atoms with Crippen LogP contribution in [-0.2, 0) is 0 Å². The van der Waals surface area contributed by atoms with Crippen LogP contribution in [0.15, 0.2) is 28.9 Å². The van der Waals surface area contributed by atoms with E-state index in [0.717, 1.165) is 29.6 Å². The van der Waals surface area contributed by atoms with Crippen LogP contribution in [0.4, 0.5) is 0 Å². The van der Waals surface area contributed by atoms with Gasteiger partial charge < -0.3 is 14.6 Å². The van der Waals surface area contributed by atoms with Gasteiger partial charge in [0.2, 0.25) is 0 Å². The maximum Gasteiger partial charge on any atom is 0.251 e. The number of hydrogen-bond donors (Lipinski definition) is 1. The molecular weight excluding hydrogens is 252 g/mol. The molecule has 2 aliphatic rings. The molecule has 4 nitrogen and oxygen atoms in total. The number of carbonyl (C=O) groups is 1. The van der Waals surface area contributed by atoms with E-state index in [4.69, 9.17) is 4.42 Å². The Balaban J connectivity index is 1.54. The van der Waals surface area contributed by atoms with Crippen molar-refractivity contribution in [3.8, 4) is 0 Å². The summed E-state index contributed by atoms with van der Waals surface area (Å²) in [6.07, 6.45) is 2.94. The first-order valence-electron chi connectivity index (χ1n) is 7.22. The molecule has 2 saturated heterocycles. The number of nitrogens with one attached hydrogen (secondary N) is 1. The fourth-order valence-corrected chi connectivity index (χ4v) is 3.50. The summed E-state index contributed by atoms with van der Waals surface area (Å²) < 4.78 is 5.47. The summed E-state index contributed by atoms with van der Waals surface area (Å²) in [6.45, 7) is 5.34. The minimum absolute atomic E-state index is 0.0136. The van der Waals surface area contributed by atoms with E-state index in [0.29, 0.717) is 17.5 Å². The van der Waals surface area contributed by atoms with Crippen molar-refractivity contribution in [3.63, 3.8) is 0 Å². The fourth-order valence-electron chi connectivity index (χ4n) is 3.50. The summed E-state index contributed by atoms with van der Waals surface area (Å²) in [6, 6.07) is 6.00. The highest BCUT2D eigenvalue weighted by Gasteiger charge is 2.38. The molecular formula is C16H18N2O2. The highest BCUT2D eigenvalue weighted by atomic mass is 16.3. The first-order valence-corrected chi connectivity index (χ1v) is 7.22. The molecule has 2 unspecified atom stereocenters. The number of aryl methyl sites for hydroxylation is 1. The SMILES string of the molecule is Cc1coc2cc(C(=O)NC3CN4CC[C@@H]3C4)ccc12. The Kier molecular flexibility index (Phi) is 2.60. The molecule has 1 aromatic carbocycles. The van der Waals surface area contributed by atoms with Crippen LogP contribution in [-0.4, -0.2) is 36.5 Å². The van der Waals surface area contributed by atoms with Crippen LogP contribution < -0.4 is 5.32 Å². The molecule has 1 amide bonds. The Bertz CT molecular complexity index is 676. The molecule has 0 aliphatic carbocycles. The van der Waals surface area contributed by atoms with Gasteiger partial charge in [-0.2, -0.15) is 0 Å². The molecule has 3 heterocycles. The molecule has 1 N–H and O–H groups in total. The second kappa shape index (κ2) is 4.35. The smallest absolute Gasteiger partial charge is 0.251 e. The van der Waals surface area contributed by atoms with Crippen molar-refractivity contribution in [2.24, 2.45) is 5.92 Å². The molecule has 2 aliphatic heterocycles. The molecule has 4 heteroatoms. The molecule has 0 spiro atoms. The van der Waals surface area contributed by atoms with E-state index >= 15 is 0 Å². The van der Waals surface area contributed by atoms with Gasteiger partial charge in [-0.05, 0) is 43.5 Å². The molecule has 4 rings (SSSR count). The quantitative estimate of drug-likeness (QED) is 0.909. The molecule has 3 atom stereocenters. The van der Waals surface area contributed by atoms with E-state index in [9.17, 15) is 4.79 Å². The van der Waals surface area contributed by atoms with Gasteiger partial charge >= 0.3 is 0 Å². The monoisotopic (exact) mass is 270 g/mol. The van der Waals surface area contributed by atoms with Gasteiger partial charge in [0.15, 0.2) is 0 Å². The van der Waals surface area contributed by atoms with Crippen molar-refractivity contribution in [2.75, 3.05) is 19.6 Å². The van der Waals surface area contributed by atoms with Crippen molar-refractivity contribution < 1.29 is 9.21 Å². The molecule has 2 aromatic rings. The van der Waals surface area contributed by atoms with Gasteiger partial charge in [-0.1, -0.05) is 6.07 Å². The Morgan fingerprint density at radius 3 is 3.05 bits per heavy atom. The molecule has 104 valence electrons. The van der Waals surface area contributed by atoms with E-state index in [1.807, 2.05) is 25.1 Å². The molecule has 0 saturated carbocycles. The zero-order valence-corrected chi connectivity index (χ0v) is 11.6. The first kappa shape index (κ1) is 12.0. The third kappa shape index (κ3) is 1.83. The number of carbonyl (C=O) groups excluding carboxylic acids is 1. The Morgan fingerprint density at radius 2 is 2.30 bits per heavy atom. The lowest BCUT2D eigenvalue weighted by Crippen LogP contribution is -2.43. The van der Waals surface area contributed by atoms with Crippen LogP contribution in [0.2, 0.25) is 0 Å². The number of nitrogens with zero attached hydrogens (tertiary/aromatic N) is 1. The predicted molar refractivity (Wildman–Crippen MR) is 76.8 cm³/mol. The molecule has 2 fully saturated rings. The van der Waals surface area contributed by atoms with E-state index in [-0.39, 0.29) is 5.91 Å². The number of hydrogen-bond acceptors (Lipinski definition) is 3. The fraction of sp³-hybridized carbons (Fsp3) is 0.438. The number of amides is 1. The van der Waals surface area contributed by atoms with Crippen LogP contribution in [0.5, 0.6) is 0 Å². The van der Waals surface area contributed by atoms with Crippen molar-refractivity contribution >= 4 is 16.9 Å². The van der Waals surface area contributed by atoms with Crippen LogP contribution in [0.25, 0.3) is 11.0 Å². The van der Waals surface area contributed by atoms with Crippen LogP contribution in [0, 0.1) is 12.8 Å². The molecule has 20 heavy (non-hydrogen) atoms. The number of furan rings is 1. The highest BCUT2D eigenvalue weighted by molar-refractivity contribution is 5.98. The van der Waals surface area contributed by atoms with E-state index in [1.54, 1.807) is 6.26 Å². The standard InChI is InChI=1S/C16H18N2O2/c1-10-9-20-15-6-11(2-3-13(10)15)16(19)17-14-8-18-5-4-12(14)7-18/h2-3,6,9,12,14H,4-5,7-8H2,1H3,(H,17,19)/t12-,14?/m1/s1. The summed E-state index contributed by atoms with van der Waals surface area (Å²) in [5.41, 5.74) is 2.57. The summed E-state index contributed by atoms with van der Waals surface area (Å²) in [5, 5.41) is 4.25. The zero-order valence-electron chi connectivity index (χ0n) is 11.6. The Hall–Kier alpha value is -1.81. The second-order valence-electron chi connectivity index (χ2n) is 6.02. The van der Waals surface area contributed by atoms with E-state index in [2.05, 4.69) is 10.2 Å². The maximum absolute atomic E-state index is 12.4. The van der Waals surface area contributed by atoms with Crippen LogP contribution in [0.1, 0.15) is 22.3 Å². The lowest BCUT2D eigenvalue weighted by atomic mass is 9.99. The lowest BCUT2D eigenvalue weighted by Gasteiger charge is -2.23. The molecule has 1 aromatic heterocycles. The number of fused-ring (bicyclic) bond motifs is 3. The van der Waals surface area contributed by atoms with Crippen molar-refractivity contribution in [1.29, 1.82) is 0 Å². The summed E-state index contributed by atoms with van der Waals surface area (Å²) in [5.74, 6) is 0.647. The van der Waals surface area contributed by atoms with E-state index in [1.165, 1.54) is 13.0 Å². The largest absolute Gasteiger partial charge is 0.464 e. The predicted octanol–water partition coefficient (Wildman–Crippen LogP) is 2.18. The average Bonchev–Trinajstić information content (AvgIpc) is 3.14. The van der Waals surface area contributed by atoms with Crippen molar-refractivity contribution in [1.82, 2.24) is 10.2 Å². The van der Waals surface area contributed by atoms with Gasteiger partial charge in [-0.25, -0.2) is 0 Å². The molecule has 0 radical (unpaired) electrons. The summed E-state index contributed by atoms with van der Waals surface area (Å²) >= 11 is 0. The second-order valence-corrected chi connectivity index (χ2v) is 6.02. The third-order valence-corrected chi connectivity index (χ3v) is 4.68. The minimum atomic E-state index is 0.0136. The normalized spacial score (nSPS) is 28.1. The van der Waals surface area contributed by atoms with E-state index < -0.39 is 0 Å². The van der Waals surface area contributed by atoms with Crippen LogP contribution in [0.3, 0.4) is 0 Å². The van der Waals surface area contributed by atoms with Crippen molar-refractivity contribution in [3.05, 3.63) is 35.6 Å². The van der Waals surface area contributed by atoms with Crippen LogP contribution >= 0.6 is 0 Å². The number of benzene rings is 1. The van der Waals surface area contributed by atoms with Gasteiger partial charge in [0, 0.05) is 30.1 Å². The van der Waals surface area contributed by atoms with Gasteiger partial charge in [0.25, 0.3) is 5.91 Å². The first-order chi connectivity index (χ1) is 9.70. The Labute approximate surface area is 117 Å². The number of piperidine rings is 1.